The average molecular weight is 437 g/mol. The van der Waals surface area contributed by atoms with Crippen LogP contribution in [0, 0.1) is 10.1 Å². The number of hydrogen-bond acceptors (Lipinski definition) is 6. The lowest BCUT2D eigenvalue weighted by Crippen LogP contribution is -2.47. The summed E-state index contributed by atoms with van der Waals surface area (Å²) in [7, 11) is -3.42. The van der Waals surface area contributed by atoms with Crippen LogP contribution in [0.3, 0.4) is 0 Å². The van der Waals surface area contributed by atoms with Crippen molar-refractivity contribution in [3.8, 4) is 0 Å². The maximum absolute atomic E-state index is 13.1. The Morgan fingerprint density at radius 3 is 2.31 bits per heavy atom. The van der Waals surface area contributed by atoms with Crippen molar-refractivity contribution in [3.05, 3.63) is 33.9 Å². The summed E-state index contributed by atoms with van der Waals surface area (Å²) in [6.07, 6.45) is -3.06. The van der Waals surface area contributed by atoms with E-state index in [0.717, 1.165) is 12.1 Å². The number of sulfonamides is 1. The first-order chi connectivity index (χ1) is 13.6. The van der Waals surface area contributed by atoms with Crippen molar-refractivity contribution in [3.63, 3.8) is 0 Å². The third kappa shape index (κ3) is 4.98. The molecule has 0 saturated carbocycles. The summed E-state index contributed by atoms with van der Waals surface area (Å²) in [5, 5.41) is 13.3. The maximum Gasteiger partial charge on any atom is 0.423 e. The third-order valence-electron chi connectivity index (χ3n) is 5.27. The predicted octanol–water partition coefficient (Wildman–Crippen LogP) is 3.00. The summed E-state index contributed by atoms with van der Waals surface area (Å²) in [4.78, 5) is 9.78. The van der Waals surface area contributed by atoms with Crippen molar-refractivity contribution in [1.29, 1.82) is 0 Å². The molecule has 0 amide bonds. The van der Waals surface area contributed by atoms with Gasteiger partial charge in [-0.1, -0.05) is 0 Å². The molecule has 2 aliphatic heterocycles. The van der Waals surface area contributed by atoms with E-state index >= 15 is 0 Å². The van der Waals surface area contributed by atoms with Gasteiger partial charge in [-0.3, -0.25) is 10.1 Å². The van der Waals surface area contributed by atoms with E-state index in [9.17, 15) is 31.7 Å². The van der Waals surface area contributed by atoms with Crippen LogP contribution in [0.5, 0.6) is 0 Å². The Bertz CT molecular complexity index is 848. The second kappa shape index (κ2) is 8.44. The quantitative estimate of drug-likeness (QED) is 0.561. The smallest absolute Gasteiger partial charge is 0.382 e. The number of piperidine rings is 1. The van der Waals surface area contributed by atoms with E-state index in [1.54, 1.807) is 0 Å². The van der Waals surface area contributed by atoms with E-state index in [1.807, 2.05) is 0 Å². The van der Waals surface area contributed by atoms with Gasteiger partial charge in [0, 0.05) is 44.1 Å². The molecule has 0 unspecified atom stereocenters. The maximum atomic E-state index is 13.1. The van der Waals surface area contributed by atoms with Crippen molar-refractivity contribution in [2.45, 2.75) is 43.2 Å². The zero-order valence-corrected chi connectivity index (χ0v) is 16.3. The number of nitrogens with one attached hydrogen (secondary N) is 1. The number of rotatable bonds is 5. The van der Waals surface area contributed by atoms with Gasteiger partial charge in [-0.05, 0) is 37.8 Å². The van der Waals surface area contributed by atoms with E-state index in [4.69, 9.17) is 4.74 Å². The highest BCUT2D eigenvalue weighted by Gasteiger charge is 2.39. The molecule has 2 heterocycles. The molecule has 8 nitrogen and oxygen atoms in total. The Hall–Kier alpha value is -1.92. The number of alkyl halides is 3. The zero-order valence-electron chi connectivity index (χ0n) is 15.5. The first-order valence-corrected chi connectivity index (χ1v) is 10.8. The summed E-state index contributed by atoms with van der Waals surface area (Å²) < 4.78 is 71.4. The molecule has 2 saturated heterocycles. The summed E-state index contributed by atoms with van der Waals surface area (Å²) in [6, 6.07) is 2.57. The molecule has 0 aliphatic carbocycles. The molecule has 12 heteroatoms. The van der Waals surface area contributed by atoms with Gasteiger partial charge >= 0.3 is 6.18 Å². The zero-order chi connectivity index (χ0) is 21.2. The molecule has 1 aromatic carbocycles. The molecule has 0 radical (unpaired) electrons. The van der Waals surface area contributed by atoms with Gasteiger partial charge < -0.3 is 10.1 Å². The molecule has 0 bridgehead atoms. The standard InChI is InChI=1S/C17H22F3N3O5S/c18-17(19,20)15-11-13(1-2-16(15)23(24)25)21-12-3-7-22(8-4-12)29(26,27)14-5-9-28-10-6-14/h1-2,11-12,14,21H,3-10H2. The first kappa shape index (κ1) is 21.8. The number of benzene rings is 1. The molecule has 3 rings (SSSR count). The molecule has 1 N–H and O–H groups in total. The van der Waals surface area contributed by atoms with Gasteiger partial charge in [0.05, 0.1) is 10.2 Å². The van der Waals surface area contributed by atoms with Gasteiger partial charge in [0.25, 0.3) is 5.69 Å². The molecular formula is C17H22F3N3O5S. The number of nitrogens with zero attached hydrogens (tertiary/aromatic N) is 2. The predicted molar refractivity (Wildman–Crippen MR) is 99.1 cm³/mol. The van der Waals surface area contributed by atoms with Crippen LogP contribution >= 0.6 is 0 Å². The normalized spacial score (nSPS) is 20.5. The summed E-state index contributed by atoms with van der Waals surface area (Å²) in [6.45, 7) is 1.39. The average Bonchev–Trinajstić information content (AvgIpc) is 2.68. The lowest BCUT2D eigenvalue weighted by Gasteiger charge is -2.35. The number of nitro groups is 1. The first-order valence-electron chi connectivity index (χ1n) is 9.28. The minimum absolute atomic E-state index is 0.119. The Morgan fingerprint density at radius 1 is 1.14 bits per heavy atom. The van der Waals surface area contributed by atoms with E-state index < -0.39 is 37.6 Å². The van der Waals surface area contributed by atoms with Crippen LogP contribution in [-0.4, -0.2) is 55.2 Å². The monoisotopic (exact) mass is 437 g/mol. The number of anilines is 1. The molecule has 0 atom stereocenters. The van der Waals surface area contributed by atoms with Gasteiger partial charge in [-0.2, -0.15) is 13.2 Å². The van der Waals surface area contributed by atoms with Crippen LogP contribution in [0.15, 0.2) is 18.2 Å². The molecule has 162 valence electrons. The van der Waals surface area contributed by atoms with Crippen molar-refractivity contribution in [2.75, 3.05) is 31.6 Å². The van der Waals surface area contributed by atoms with Gasteiger partial charge in [-0.25, -0.2) is 12.7 Å². The van der Waals surface area contributed by atoms with E-state index in [0.29, 0.717) is 38.9 Å². The van der Waals surface area contributed by atoms with Crippen molar-refractivity contribution < 1.29 is 31.2 Å². The lowest BCUT2D eigenvalue weighted by atomic mass is 10.1. The summed E-state index contributed by atoms with van der Waals surface area (Å²) in [5.74, 6) is 0. The van der Waals surface area contributed by atoms with Gasteiger partial charge in [0.2, 0.25) is 10.0 Å². The fourth-order valence-corrected chi connectivity index (χ4v) is 5.62. The van der Waals surface area contributed by atoms with E-state index in [-0.39, 0.29) is 24.8 Å². The van der Waals surface area contributed by atoms with Gasteiger partial charge in [-0.15, -0.1) is 0 Å². The minimum Gasteiger partial charge on any atom is -0.382 e. The van der Waals surface area contributed by atoms with Crippen LogP contribution in [0.2, 0.25) is 0 Å². The molecule has 2 aliphatic rings. The molecule has 0 spiro atoms. The Morgan fingerprint density at radius 2 is 1.76 bits per heavy atom. The van der Waals surface area contributed by atoms with E-state index in [1.165, 1.54) is 10.4 Å². The topological polar surface area (TPSA) is 102 Å². The highest BCUT2D eigenvalue weighted by Crippen LogP contribution is 2.38. The fourth-order valence-electron chi connectivity index (χ4n) is 3.69. The number of halogens is 3. The molecular weight excluding hydrogens is 415 g/mol. The molecule has 1 aromatic rings. The van der Waals surface area contributed by atoms with Gasteiger partial charge in [0.1, 0.15) is 5.56 Å². The van der Waals surface area contributed by atoms with Crippen molar-refractivity contribution in [2.24, 2.45) is 0 Å². The second-order valence-electron chi connectivity index (χ2n) is 7.16. The Labute approximate surface area is 166 Å². The summed E-state index contributed by atoms with van der Waals surface area (Å²) in [5.41, 5.74) is -2.19. The molecule has 0 aromatic heterocycles. The Kier molecular flexibility index (Phi) is 6.34. The number of nitro benzene ring substituents is 1. The SMILES string of the molecule is O=[N+]([O-])c1ccc(NC2CCN(S(=O)(=O)C3CCOCC3)CC2)cc1C(F)(F)F. The minimum atomic E-state index is -4.85. The Balaban J connectivity index is 1.64. The highest BCUT2D eigenvalue weighted by atomic mass is 32.2. The third-order valence-corrected chi connectivity index (χ3v) is 7.67. The van der Waals surface area contributed by atoms with Crippen LogP contribution in [0.25, 0.3) is 0 Å². The second-order valence-corrected chi connectivity index (χ2v) is 9.37. The molecule has 2 fully saturated rings. The number of hydrogen-bond donors (Lipinski definition) is 1. The van der Waals surface area contributed by atoms with Crippen LogP contribution in [-0.2, 0) is 20.9 Å². The van der Waals surface area contributed by atoms with Crippen molar-refractivity contribution >= 4 is 21.4 Å². The highest BCUT2D eigenvalue weighted by molar-refractivity contribution is 7.89. The lowest BCUT2D eigenvalue weighted by molar-refractivity contribution is -0.388. The fraction of sp³-hybridized carbons (Fsp3) is 0.647. The van der Waals surface area contributed by atoms with Crippen molar-refractivity contribution in [1.82, 2.24) is 4.31 Å². The van der Waals surface area contributed by atoms with Crippen LogP contribution in [0.1, 0.15) is 31.2 Å². The number of ether oxygens (including phenoxy) is 1. The van der Waals surface area contributed by atoms with Gasteiger partial charge in [0.15, 0.2) is 0 Å². The van der Waals surface area contributed by atoms with Crippen LogP contribution < -0.4 is 5.32 Å². The largest absolute Gasteiger partial charge is 0.423 e. The summed E-state index contributed by atoms with van der Waals surface area (Å²) >= 11 is 0. The van der Waals surface area contributed by atoms with Crippen LogP contribution in [0.4, 0.5) is 24.5 Å². The molecule has 29 heavy (non-hydrogen) atoms. The van der Waals surface area contributed by atoms with E-state index in [2.05, 4.69) is 5.32 Å².